The monoisotopic (exact) mass is 184 g/mol. The molecule has 1 aromatic carbocycles. The van der Waals surface area contributed by atoms with Crippen molar-refractivity contribution in [3.05, 3.63) is 36.1 Å². The molecule has 0 aliphatic heterocycles. The highest BCUT2D eigenvalue weighted by atomic mass is 16.3. The molecule has 0 amide bonds. The topological polar surface area (TPSA) is 30.2 Å². The molecule has 0 spiro atoms. The van der Waals surface area contributed by atoms with Crippen molar-refractivity contribution in [3.8, 4) is 11.8 Å². The minimum absolute atomic E-state index is 0.135. The number of hydrogen-bond acceptors (Lipinski definition) is 2. The summed E-state index contributed by atoms with van der Waals surface area (Å²) in [4.78, 5) is 10.6. The minimum atomic E-state index is -0.135. The smallest absolute Gasteiger partial charge is 0.202 e. The van der Waals surface area contributed by atoms with E-state index in [0.29, 0.717) is 0 Å². The second-order valence-electron chi connectivity index (χ2n) is 2.98. The first kappa shape index (κ1) is 8.58. The average Bonchev–Trinajstić information content (AvgIpc) is 2.61. The first-order chi connectivity index (χ1) is 6.75. The predicted molar refractivity (Wildman–Crippen MR) is 53.8 cm³/mol. The molecule has 2 heteroatoms. The van der Waals surface area contributed by atoms with Gasteiger partial charge in [0, 0.05) is 17.9 Å². The van der Waals surface area contributed by atoms with Crippen LogP contribution in [-0.4, -0.2) is 5.78 Å². The van der Waals surface area contributed by atoms with Crippen LogP contribution in [0.4, 0.5) is 0 Å². The lowest BCUT2D eigenvalue weighted by Gasteiger charge is -1.89. The molecule has 0 aliphatic carbocycles. The van der Waals surface area contributed by atoms with E-state index < -0.39 is 0 Å². The Kier molecular flexibility index (Phi) is 2.08. The highest BCUT2D eigenvalue weighted by Crippen LogP contribution is 2.16. The van der Waals surface area contributed by atoms with Crippen molar-refractivity contribution in [1.29, 1.82) is 0 Å². The number of Topliss-reactive ketones (excluding diaryl/α,β-unsaturated/α-hetero) is 1. The summed E-state index contributed by atoms with van der Waals surface area (Å²) in [6.07, 6.45) is 1.63. The molecule has 0 fully saturated rings. The van der Waals surface area contributed by atoms with E-state index in [2.05, 4.69) is 11.8 Å². The molecule has 1 aromatic heterocycles. The highest BCUT2D eigenvalue weighted by Gasteiger charge is 1.96. The molecule has 2 aromatic rings. The van der Waals surface area contributed by atoms with Gasteiger partial charge in [-0.2, -0.15) is 0 Å². The van der Waals surface area contributed by atoms with Crippen molar-refractivity contribution in [3.63, 3.8) is 0 Å². The van der Waals surface area contributed by atoms with Crippen molar-refractivity contribution >= 4 is 16.8 Å². The zero-order valence-corrected chi connectivity index (χ0v) is 7.70. The molecule has 0 bridgehead atoms. The van der Waals surface area contributed by atoms with E-state index in [-0.39, 0.29) is 5.78 Å². The van der Waals surface area contributed by atoms with E-state index in [0.717, 1.165) is 16.5 Å². The van der Waals surface area contributed by atoms with Crippen LogP contribution in [0.3, 0.4) is 0 Å². The highest BCUT2D eigenvalue weighted by molar-refractivity contribution is 5.94. The van der Waals surface area contributed by atoms with Crippen LogP contribution in [0.25, 0.3) is 11.0 Å². The van der Waals surface area contributed by atoms with Gasteiger partial charge in [0.05, 0.1) is 6.26 Å². The molecule has 2 nitrogen and oxygen atoms in total. The maximum atomic E-state index is 10.6. The van der Waals surface area contributed by atoms with E-state index in [4.69, 9.17) is 4.42 Å². The van der Waals surface area contributed by atoms with Crippen LogP contribution >= 0.6 is 0 Å². The van der Waals surface area contributed by atoms with E-state index >= 15 is 0 Å². The number of carbonyl (C=O) groups excluding carboxylic acids is 1. The van der Waals surface area contributed by atoms with Crippen LogP contribution < -0.4 is 0 Å². The van der Waals surface area contributed by atoms with Crippen molar-refractivity contribution < 1.29 is 9.21 Å². The fourth-order valence-corrected chi connectivity index (χ4v) is 1.19. The van der Waals surface area contributed by atoms with Gasteiger partial charge < -0.3 is 4.42 Å². The van der Waals surface area contributed by atoms with Gasteiger partial charge in [-0.3, -0.25) is 4.79 Å². The third-order valence-corrected chi connectivity index (χ3v) is 1.84. The van der Waals surface area contributed by atoms with E-state index in [9.17, 15) is 4.79 Å². The number of carbonyl (C=O) groups is 1. The molecule has 14 heavy (non-hydrogen) atoms. The summed E-state index contributed by atoms with van der Waals surface area (Å²) in [7, 11) is 0. The van der Waals surface area contributed by atoms with Crippen LogP contribution in [0.1, 0.15) is 12.5 Å². The van der Waals surface area contributed by atoms with Crippen LogP contribution in [0.5, 0.6) is 0 Å². The van der Waals surface area contributed by atoms with Gasteiger partial charge in [0.25, 0.3) is 0 Å². The van der Waals surface area contributed by atoms with Gasteiger partial charge >= 0.3 is 0 Å². The summed E-state index contributed by atoms with van der Waals surface area (Å²) in [6, 6.07) is 7.50. The van der Waals surface area contributed by atoms with Crippen LogP contribution in [-0.2, 0) is 4.79 Å². The molecule has 0 radical (unpaired) electrons. The van der Waals surface area contributed by atoms with Crippen molar-refractivity contribution in [2.45, 2.75) is 6.92 Å². The quantitative estimate of drug-likeness (QED) is 0.588. The summed E-state index contributed by atoms with van der Waals surface area (Å²) in [5, 5.41) is 1.04. The van der Waals surface area contributed by atoms with Gasteiger partial charge in [0.2, 0.25) is 5.78 Å². The number of hydrogen-bond donors (Lipinski definition) is 0. The Morgan fingerprint density at radius 1 is 1.36 bits per heavy atom. The Bertz CT molecular complexity index is 538. The lowest BCUT2D eigenvalue weighted by molar-refractivity contribution is -0.111. The van der Waals surface area contributed by atoms with Gasteiger partial charge in [-0.05, 0) is 30.2 Å². The summed E-state index contributed by atoms with van der Waals surface area (Å²) < 4.78 is 5.21. The fourth-order valence-electron chi connectivity index (χ4n) is 1.19. The van der Waals surface area contributed by atoms with E-state index in [1.165, 1.54) is 6.92 Å². The molecule has 0 N–H and O–H groups in total. The first-order valence-electron chi connectivity index (χ1n) is 4.25. The lowest BCUT2D eigenvalue weighted by atomic mass is 10.2. The summed E-state index contributed by atoms with van der Waals surface area (Å²) >= 11 is 0. The van der Waals surface area contributed by atoms with Gasteiger partial charge in [0.1, 0.15) is 5.58 Å². The third kappa shape index (κ3) is 1.67. The normalized spacial score (nSPS) is 9.50. The van der Waals surface area contributed by atoms with Crippen molar-refractivity contribution in [2.24, 2.45) is 0 Å². The zero-order valence-electron chi connectivity index (χ0n) is 7.70. The first-order valence-corrected chi connectivity index (χ1v) is 4.25. The number of furan rings is 1. The van der Waals surface area contributed by atoms with Crippen LogP contribution in [0.15, 0.2) is 34.9 Å². The van der Waals surface area contributed by atoms with Crippen LogP contribution in [0, 0.1) is 11.8 Å². The molecule has 0 aliphatic rings. The molecule has 68 valence electrons. The lowest BCUT2D eigenvalue weighted by Crippen LogP contribution is -1.81. The van der Waals surface area contributed by atoms with E-state index in [1.54, 1.807) is 6.26 Å². The molecule has 1 heterocycles. The van der Waals surface area contributed by atoms with Gasteiger partial charge in [0.15, 0.2) is 0 Å². The number of rotatable bonds is 0. The molecular formula is C12H8O2. The molecular weight excluding hydrogens is 176 g/mol. The summed E-state index contributed by atoms with van der Waals surface area (Å²) in [5.74, 6) is 5.12. The average molecular weight is 184 g/mol. The number of fused-ring (bicyclic) bond motifs is 1. The Labute approximate surface area is 81.5 Å². The molecule has 0 saturated heterocycles. The maximum Gasteiger partial charge on any atom is 0.202 e. The van der Waals surface area contributed by atoms with Crippen LogP contribution in [0.2, 0.25) is 0 Å². The molecule has 0 saturated carbocycles. The van der Waals surface area contributed by atoms with Gasteiger partial charge in [-0.1, -0.05) is 5.92 Å². The van der Waals surface area contributed by atoms with Gasteiger partial charge in [-0.25, -0.2) is 0 Å². The molecule has 0 unspecified atom stereocenters. The number of benzene rings is 1. The van der Waals surface area contributed by atoms with Crippen molar-refractivity contribution in [1.82, 2.24) is 0 Å². The minimum Gasteiger partial charge on any atom is -0.464 e. The summed E-state index contributed by atoms with van der Waals surface area (Å²) in [6.45, 7) is 1.44. The van der Waals surface area contributed by atoms with E-state index in [1.807, 2.05) is 24.3 Å². The fraction of sp³-hybridized carbons (Fsp3) is 0.0833. The second kappa shape index (κ2) is 3.39. The Morgan fingerprint density at radius 2 is 2.21 bits per heavy atom. The maximum absolute atomic E-state index is 10.6. The predicted octanol–water partition coefficient (Wildman–Crippen LogP) is 2.37. The molecule has 0 atom stereocenters. The standard InChI is InChI=1S/C12H8O2/c1-9(13)2-3-10-4-5-11-6-7-14-12(11)8-10/h4-8H,1H3. The zero-order chi connectivity index (χ0) is 9.97. The summed E-state index contributed by atoms with van der Waals surface area (Å²) in [5.41, 5.74) is 1.59. The Morgan fingerprint density at radius 3 is 3.00 bits per heavy atom. The number of ketones is 1. The van der Waals surface area contributed by atoms with Crippen molar-refractivity contribution in [2.75, 3.05) is 0 Å². The largest absolute Gasteiger partial charge is 0.464 e. The molecule has 2 rings (SSSR count). The Balaban J connectivity index is 2.45. The SMILES string of the molecule is CC(=O)C#Cc1ccc2ccoc2c1. The second-order valence-corrected chi connectivity index (χ2v) is 2.98. The van der Waals surface area contributed by atoms with Gasteiger partial charge in [-0.15, -0.1) is 0 Å². The Hall–Kier alpha value is -2.01. The third-order valence-electron chi connectivity index (χ3n) is 1.84.